The van der Waals surface area contributed by atoms with Crippen molar-refractivity contribution in [3.63, 3.8) is 0 Å². The van der Waals surface area contributed by atoms with Crippen LogP contribution in [0.2, 0.25) is 5.02 Å². The second-order valence-electron chi connectivity index (χ2n) is 10.4. The van der Waals surface area contributed by atoms with Crippen LogP contribution >= 0.6 is 11.6 Å². The van der Waals surface area contributed by atoms with Crippen LogP contribution in [-0.4, -0.2) is 100 Å². The Morgan fingerprint density at radius 1 is 0.878 bits per heavy atom. The molecule has 0 spiro atoms. The van der Waals surface area contributed by atoms with E-state index in [9.17, 15) is 45.5 Å². The molecule has 3 amide bonds. The van der Waals surface area contributed by atoms with Gasteiger partial charge in [-0.05, 0) is 48.2 Å². The van der Waals surface area contributed by atoms with Gasteiger partial charge in [-0.25, -0.2) is 9.78 Å². The highest BCUT2D eigenvalue weighted by Crippen LogP contribution is 2.30. The van der Waals surface area contributed by atoms with Gasteiger partial charge in [0.2, 0.25) is 5.95 Å². The second-order valence-corrected chi connectivity index (χ2v) is 10.8. The summed E-state index contributed by atoms with van der Waals surface area (Å²) in [6, 6.07) is 7.55. The molecule has 1 saturated heterocycles. The van der Waals surface area contributed by atoms with Crippen molar-refractivity contribution < 1.29 is 50.3 Å². The van der Waals surface area contributed by atoms with Crippen LogP contribution in [0.1, 0.15) is 11.1 Å². The van der Waals surface area contributed by atoms with E-state index in [0.717, 1.165) is 28.9 Å². The zero-order valence-corrected chi connectivity index (χ0v) is 26.2. The average Bonchev–Trinajstić information content (AvgIpc) is 3.07. The molecule has 5 rings (SSSR count). The number of aryl methyl sites for hydroxylation is 2. The number of rotatable bonds is 4. The van der Waals surface area contributed by atoms with Crippen LogP contribution in [0.5, 0.6) is 5.75 Å². The van der Waals surface area contributed by atoms with Gasteiger partial charge in [-0.3, -0.25) is 19.4 Å². The number of nitrogens with one attached hydrogen (secondary N) is 3. The third-order valence-electron chi connectivity index (χ3n) is 7.01. The number of hydrogen-bond acceptors (Lipinski definition) is 10. The highest BCUT2D eigenvalue weighted by atomic mass is 35.5. The molecule has 4 heterocycles. The molecule has 6 bridgehead atoms. The predicted octanol–water partition coefficient (Wildman–Crippen LogP) is 4.22. The number of pyridine rings is 1. The number of benzene rings is 1. The van der Waals surface area contributed by atoms with Crippen molar-refractivity contribution in [1.29, 1.82) is 0 Å². The maximum absolute atomic E-state index is 12.8. The van der Waals surface area contributed by atoms with E-state index in [0.29, 0.717) is 55.1 Å². The monoisotopic (exact) mass is 716 g/mol. The Bertz CT molecular complexity index is 1690. The molecule has 2 aliphatic heterocycles. The number of ether oxygens (including phenoxy) is 1. The first-order valence-corrected chi connectivity index (χ1v) is 14.7. The van der Waals surface area contributed by atoms with Crippen molar-refractivity contribution in [3.8, 4) is 5.75 Å². The number of alkyl halides is 6. The van der Waals surface area contributed by atoms with E-state index < -0.39 is 23.9 Å². The number of piperazine rings is 1. The van der Waals surface area contributed by atoms with E-state index in [4.69, 9.17) is 16.3 Å². The SMILES string of the molecule is CNC(=O)N1CCN(C(=O)COc2ccc3cc2CCc2cncc(c2)Nc2ncc(Cl)c(n2)N3)CC1.O=C(C(=O)C(F)(F)F)C(F)(F)F. The normalized spacial score (nSPS) is 14.3. The minimum absolute atomic E-state index is 0.0815. The van der Waals surface area contributed by atoms with E-state index in [2.05, 4.69) is 30.9 Å². The van der Waals surface area contributed by atoms with Crippen LogP contribution in [0.25, 0.3) is 0 Å². The standard InChI is InChI=1S/C25H27ClN8O3.C4F6O2/c1-27-25(36)34-8-6-33(7-9-34)22(35)15-37-21-5-4-18-11-17(21)3-2-16-10-19(13-28-12-16)31-24-29-14-20(26)23(30-18)32-24;5-3(6,7)1(11)2(12)4(8,9)10/h4-5,10-14H,2-3,6-9,15H2,1H3,(H,27,36)(H2,29,30,31,32);. The summed E-state index contributed by atoms with van der Waals surface area (Å²) in [6.45, 7) is 1.86. The molecular weight excluding hydrogens is 690 g/mol. The Labute approximate surface area is 279 Å². The van der Waals surface area contributed by atoms with Gasteiger partial charge in [-0.2, -0.15) is 31.3 Å². The van der Waals surface area contributed by atoms with Gasteiger partial charge in [0, 0.05) is 45.1 Å². The van der Waals surface area contributed by atoms with Crippen LogP contribution in [0.4, 0.5) is 54.3 Å². The molecule has 0 unspecified atom stereocenters. The number of urea groups is 1. The zero-order chi connectivity index (χ0) is 35.9. The predicted molar refractivity (Wildman–Crippen MR) is 162 cm³/mol. The summed E-state index contributed by atoms with van der Waals surface area (Å²) in [4.78, 5) is 60.4. The lowest BCUT2D eigenvalue weighted by Crippen LogP contribution is -2.53. The van der Waals surface area contributed by atoms with Crippen LogP contribution in [0.3, 0.4) is 0 Å². The first-order valence-electron chi connectivity index (χ1n) is 14.3. The number of fused-ring (bicyclic) bond motifs is 6. The van der Waals surface area contributed by atoms with Crippen molar-refractivity contribution in [3.05, 3.63) is 59.0 Å². The number of hydrogen-bond donors (Lipinski definition) is 3. The lowest BCUT2D eigenvalue weighted by Gasteiger charge is -2.34. The van der Waals surface area contributed by atoms with Gasteiger partial charge in [-0.1, -0.05) is 11.6 Å². The number of aromatic nitrogens is 3. The first-order chi connectivity index (χ1) is 23.0. The van der Waals surface area contributed by atoms with E-state index >= 15 is 0 Å². The smallest absolute Gasteiger partial charge is 0.458 e. The lowest BCUT2D eigenvalue weighted by atomic mass is 10.0. The topological polar surface area (TPSA) is 159 Å². The fraction of sp³-hybridized carbons (Fsp3) is 0.345. The summed E-state index contributed by atoms with van der Waals surface area (Å²) in [5.74, 6) is -5.42. The molecule has 49 heavy (non-hydrogen) atoms. The largest absolute Gasteiger partial charge is 0.483 e. The molecule has 0 radical (unpaired) electrons. The van der Waals surface area contributed by atoms with Gasteiger partial charge < -0.3 is 30.5 Å². The van der Waals surface area contributed by atoms with Crippen molar-refractivity contribution >= 4 is 58.2 Å². The van der Waals surface area contributed by atoms with Gasteiger partial charge in [-0.15, -0.1) is 0 Å². The number of nitrogens with zero attached hydrogens (tertiary/aromatic N) is 5. The maximum Gasteiger partial charge on any atom is 0.458 e. The van der Waals surface area contributed by atoms with Crippen LogP contribution in [-0.2, 0) is 27.2 Å². The molecule has 3 aromatic rings. The maximum atomic E-state index is 12.8. The highest BCUT2D eigenvalue weighted by Gasteiger charge is 2.54. The Balaban J connectivity index is 0.000000386. The van der Waals surface area contributed by atoms with E-state index in [1.165, 1.54) is 6.20 Å². The van der Waals surface area contributed by atoms with Crippen molar-refractivity contribution in [1.82, 2.24) is 30.1 Å². The van der Waals surface area contributed by atoms with E-state index in [1.807, 2.05) is 30.5 Å². The molecule has 1 aromatic carbocycles. The lowest BCUT2D eigenvalue weighted by molar-refractivity contribution is -0.193. The average molecular weight is 717 g/mol. The fourth-order valence-electron chi connectivity index (χ4n) is 4.55. The molecular formula is C29H27ClF6N8O5. The minimum Gasteiger partial charge on any atom is -0.483 e. The summed E-state index contributed by atoms with van der Waals surface area (Å²) in [5.41, 5.74) is 3.53. The van der Waals surface area contributed by atoms with Gasteiger partial charge >= 0.3 is 30.0 Å². The van der Waals surface area contributed by atoms with Gasteiger partial charge in [0.25, 0.3) is 5.91 Å². The van der Waals surface area contributed by atoms with Crippen LogP contribution in [0, 0.1) is 0 Å². The Morgan fingerprint density at radius 3 is 2.16 bits per heavy atom. The van der Waals surface area contributed by atoms with E-state index in [1.54, 1.807) is 23.0 Å². The molecule has 2 aromatic heterocycles. The van der Waals surface area contributed by atoms with E-state index in [-0.39, 0.29) is 18.5 Å². The summed E-state index contributed by atoms with van der Waals surface area (Å²) >= 11 is 6.34. The molecule has 0 aliphatic carbocycles. The van der Waals surface area contributed by atoms with Crippen molar-refractivity contribution in [2.75, 3.05) is 50.5 Å². The number of halogens is 7. The molecule has 262 valence electrons. The van der Waals surface area contributed by atoms with Gasteiger partial charge in [0.05, 0.1) is 18.1 Å². The number of ketones is 2. The molecule has 2 aliphatic rings. The van der Waals surface area contributed by atoms with Crippen molar-refractivity contribution in [2.45, 2.75) is 25.2 Å². The summed E-state index contributed by atoms with van der Waals surface area (Å²) in [6.07, 6.45) is -5.08. The number of carbonyl (C=O) groups excluding carboxylic acids is 4. The minimum atomic E-state index is -5.77. The highest BCUT2D eigenvalue weighted by molar-refractivity contribution is 6.41. The molecule has 3 N–H and O–H groups in total. The third kappa shape index (κ3) is 9.91. The number of amides is 3. The van der Waals surface area contributed by atoms with Crippen LogP contribution in [0.15, 0.2) is 42.9 Å². The number of Topliss-reactive ketones (excluding diaryl/α,β-unsaturated/α-hetero) is 2. The van der Waals surface area contributed by atoms with Crippen molar-refractivity contribution in [2.24, 2.45) is 0 Å². The van der Waals surface area contributed by atoms with Crippen LogP contribution < -0.4 is 20.7 Å². The molecule has 0 saturated carbocycles. The molecule has 1 fully saturated rings. The third-order valence-corrected chi connectivity index (χ3v) is 7.28. The Kier molecular flexibility index (Phi) is 11.5. The molecule has 20 heteroatoms. The summed E-state index contributed by atoms with van der Waals surface area (Å²) < 4.78 is 73.0. The zero-order valence-electron chi connectivity index (χ0n) is 25.4. The first kappa shape index (κ1) is 36.6. The fourth-order valence-corrected chi connectivity index (χ4v) is 4.69. The van der Waals surface area contributed by atoms with Gasteiger partial charge in [0.15, 0.2) is 12.4 Å². The molecule has 13 nitrogen and oxygen atoms in total. The number of anilines is 4. The number of carbonyl (C=O) groups is 4. The quantitative estimate of drug-likeness (QED) is 0.264. The van der Waals surface area contributed by atoms with Gasteiger partial charge in [0.1, 0.15) is 10.8 Å². The Hall–Kier alpha value is -5.20. The summed E-state index contributed by atoms with van der Waals surface area (Å²) in [7, 11) is 1.60. The molecule has 0 atom stereocenters. The summed E-state index contributed by atoms with van der Waals surface area (Å²) in [5, 5.41) is 9.42. The Morgan fingerprint density at radius 2 is 1.53 bits per heavy atom. The second kappa shape index (κ2) is 15.3.